The standard InChI is InChI=1S/C22H23N/c1-15(2)23(19-8-4-6-16(3)14-19)21-13-12-18-11-10-17-7-5-9-20(21)22(17)18/h4-9,12-15H,10-11H2,1-3H3. The van der Waals surface area contributed by atoms with E-state index in [1.54, 1.807) is 0 Å². The van der Waals surface area contributed by atoms with Crippen molar-refractivity contribution in [2.75, 3.05) is 4.90 Å². The molecule has 1 nitrogen and oxygen atoms in total. The molecule has 0 bridgehead atoms. The summed E-state index contributed by atoms with van der Waals surface area (Å²) in [5.74, 6) is 0. The van der Waals surface area contributed by atoms with Gasteiger partial charge in [-0.2, -0.15) is 0 Å². The number of hydrogen-bond acceptors (Lipinski definition) is 1. The van der Waals surface area contributed by atoms with Gasteiger partial charge >= 0.3 is 0 Å². The summed E-state index contributed by atoms with van der Waals surface area (Å²) in [4.78, 5) is 2.47. The number of nitrogens with zero attached hydrogens (tertiary/aromatic N) is 1. The van der Waals surface area contributed by atoms with E-state index in [9.17, 15) is 0 Å². The number of rotatable bonds is 3. The van der Waals surface area contributed by atoms with Crippen molar-refractivity contribution in [1.82, 2.24) is 0 Å². The fourth-order valence-corrected chi connectivity index (χ4v) is 3.93. The van der Waals surface area contributed by atoms with E-state index in [4.69, 9.17) is 0 Å². The molecule has 0 heterocycles. The molecule has 0 radical (unpaired) electrons. The van der Waals surface area contributed by atoms with Gasteiger partial charge in [0.25, 0.3) is 0 Å². The van der Waals surface area contributed by atoms with E-state index in [2.05, 4.69) is 80.3 Å². The van der Waals surface area contributed by atoms with Crippen LogP contribution in [0.3, 0.4) is 0 Å². The van der Waals surface area contributed by atoms with E-state index in [-0.39, 0.29) is 0 Å². The molecule has 1 aliphatic carbocycles. The van der Waals surface area contributed by atoms with Crippen LogP contribution in [-0.4, -0.2) is 6.04 Å². The predicted molar refractivity (Wildman–Crippen MR) is 99.8 cm³/mol. The lowest BCUT2D eigenvalue weighted by atomic mass is 10.0. The zero-order valence-electron chi connectivity index (χ0n) is 14.1. The van der Waals surface area contributed by atoms with Crippen LogP contribution in [-0.2, 0) is 12.8 Å². The Bertz CT molecular complexity index is 866. The number of aryl methyl sites for hydroxylation is 3. The lowest BCUT2D eigenvalue weighted by Crippen LogP contribution is -2.25. The van der Waals surface area contributed by atoms with Gasteiger partial charge in [0.2, 0.25) is 0 Å². The first-order valence-corrected chi connectivity index (χ1v) is 8.54. The molecule has 0 N–H and O–H groups in total. The highest BCUT2D eigenvalue weighted by Crippen LogP contribution is 2.39. The van der Waals surface area contributed by atoms with Gasteiger partial charge in [-0.1, -0.05) is 36.4 Å². The van der Waals surface area contributed by atoms with Crippen LogP contribution in [0.15, 0.2) is 54.6 Å². The lowest BCUT2D eigenvalue weighted by molar-refractivity contribution is 0.791. The van der Waals surface area contributed by atoms with E-state index in [1.165, 1.54) is 51.7 Å². The molecule has 0 atom stereocenters. The molecule has 3 aromatic rings. The van der Waals surface area contributed by atoms with Crippen LogP contribution >= 0.6 is 0 Å². The molecule has 1 heteroatoms. The van der Waals surface area contributed by atoms with Crippen LogP contribution in [0.4, 0.5) is 11.4 Å². The van der Waals surface area contributed by atoms with Gasteiger partial charge in [-0.3, -0.25) is 0 Å². The van der Waals surface area contributed by atoms with Gasteiger partial charge in [-0.25, -0.2) is 0 Å². The molecule has 0 fully saturated rings. The topological polar surface area (TPSA) is 3.24 Å². The summed E-state index contributed by atoms with van der Waals surface area (Å²) >= 11 is 0. The predicted octanol–water partition coefficient (Wildman–Crippen LogP) is 5.79. The molecule has 0 saturated carbocycles. The third-order valence-electron chi connectivity index (χ3n) is 4.91. The van der Waals surface area contributed by atoms with Crippen molar-refractivity contribution in [2.45, 2.75) is 39.7 Å². The monoisotopic (exact) mass is 301 g/mol. The number of hydrogen-bond donors (Lipinski definition) is 0. The van der Waals surface area contributed by atoms with Gasteiger partial charge in [-0.15, -0.1) is 0 Å². The Kier molecular flexibility index (Phi) is 3.37. The fourth-order valence-electron chi connectivity index (χ4n) is 3.93. The van der Waals surface area contributed by atoms with E-state index in [0.29, 0.717) is 6.04 Å². The summed E-state index contributed by atoms with van der Waals surface area (Å²) in [5.41, 5.74) is 6.92. The van der Waals surface area contributed by atoms with Crippen LogP contribution in [0.2, 0.25) is 0 Å². The molecule has 0 saturated heterocycles. The minimum absolute atomic E-state index is 0.412. The van der Waals surface area contributed by atoms with Gasteiger partial charge in [0.15, 0.2) is 0 Å². The Morgan fingerprint density at radius 3 is 2.35 bits per heavy atom. The van der Waals surface area contributed by atoms with Crippen molar-refractivity contribution in [1.29, 1.82) is 0 Å². The maximum atomic E-state index is 2.47. The van der Waals surface area contributed by atoms with Crippen LogP contribution in [0.5, 0.6) is 0 Å². The zero-order chi connectivity index (χ0) is 16.0. The normalized spacial score (nSPS) is 13.0. The Labute approximate surface area is 138 Å². The molecular weight excluding hydrogens is 278 g/mol. The summed E-state index contributed by atoms with van der Waals surface area (Å²) in [7, 11) is 0. The Balaban J connectivity index is 1.96. The first-order valence-electron chi connectivity index (χ1n) is 8.54. The number of anilines is 2. The van der Waals surface area contributed by atoms with Gasteiger partial charge in [0.1, 0.15) is 0 Å². The summed E-state index contributed by atoms with van der Waals surface area (Å²) in [6, 6.07) is 20.7. The van der Waals surface area contributed by atoms with Crippen LogP contribution in [0.1, 0.15) is 30.5 Å². The lowest BCUT2D eigenvalue weighted by Gasteiger charge is -2.31. The second-order valence-electron chi connectivity index (χ2n) is 6.89. The third kappa shape index (κ3) is 2.31. The van der Waals surface area contributed by atoms with E-state index in [0.717, 1.165) is 0 Å². The van der Waals surface area contributed by atoms with Gasteiger partial charge in [0.05, 0.1) is 0 Å². The second kappa shape index (κ2) is 5.42. The van der Waals surface area contributed by atoms with Crippen LogP contribution in [0, 0.1) is 6.92 Å². The minimum Gasteiger partial charge on any atom is -0.338 e. The second-order valence-corrected chi connectivity index (χ2v) is 6.89. The summed E-state index contributed by atoms with van der Waals surface area (Å²) in [5, 5.41) is 2.89. The van der Waals surface area contributed by atoms with E-state index < -0.39 is 0 Å². The Hall–Kier alpha value is -2.28. The minimum atomic E-state index is 0.412. The molecular formula is C22H23N. The molecule has 0 amide bonds. The molecule has 3 aromatic carbocycles. The average Bonchev–Trinajstić information content (AvgIpc) is 2.95. The van der Waals surface area contributed by atoms with Gasteiger partial charge in [-0.05, 0) is 73.9 Å². The van der Waals surface area contributed by atoms with Crippen molar-refractivity contribution in [3.05, 3.63) is 71.3 Å². The van der Waals surface area contributed by atoms with Crippen molar-refractivity contribution in [3.63, 3.8) is 0 Å². The highest BCUT2D eigenvalue weighted by Gasteiger charge is 2.20. The number of benzene rings is 3. The Morgan fingerprint density at radius 2 is 1.61 bits per heavy atom. The van der Waals surface area contributed by atoms with Crippen molar-refractivity contribution < 1.29 is 0 Å². The SMILES string of the molecule is Cc1cccc(N(c2ccc3c4c(cccc24)CC3)C(C)C)c1. The average molecular weight is 301 g/mol. The molecule has 1 aliphatic rings. The molecule has 116 valence electrons. The van der Waals surface area contributed by atoms with E-state index >= 15 is 0 Å². The quantitative estimate of drug-likeness (QED) is 0.591. The molecule has 0 aliphatic heterocycles. The molecule has 4 rings (SSSR count). The third-order valence-corrected chi connectivity index (χ3v) is 4.91. The van der Waals surface area contributed by atoms with E-state index in [1.807, 2.05) is 0 Å². The summed E-state index contributed by atoms with van der Waals surface area (Å²) < 4.78 is 0. The van der Waals surface area contributed by atoms with Crippen molar-refractivity contribution in [3.8, 4) is 0 Å². The van der Waals surface area contributed by atoms with Gasteiger partial charge < -0.3 is 4.90 Å². The highest BCUT2D eigenvalue weighted by atomic mass is 15.2. The maximum Gasteiger partial charge on any atom is 0.0493 e. The van der Waals surface area contributed by atoms with Crippen LogP contribution in [0.25, 0.3) is 10.8 Å². The smallest absolute Gasteiger partial charge is 0.0493 e. The fraction of sp³-hybridized carbons (Fsp3) is 0.273. The molecule has 23 heavy (non-hydrogen) atoms. The van der Waals surface area contributed by atoms with Crippen molar-refractivity contribution in [2.24, 2.45) is 0 Å². The first kappa shape index (κ1) is 14.3. The summed E-state index contributed by atoms with van der Waals surface area (Å²) in [6.45, 7) is 6.70. The molecule has 0 unspecified atom stereocenters. The summed E-state index contributed by atoms with van der Waals surface area (Å²) in [6.07, 6.45) is 2.37. The van der Waals surface area contributed by atoms with Gasteiger partial charge in [0, 0.05) is 22.8 Å². The largest absolute Gasteiger partial charge is 0.338 e. The Morgan fingerprint density at radius 1 is 0.870 bits per heavy atom. The van der Waals surface area contributed by atoms with Crippen LogP contribution < -0.4 is 4.90 Å². The first-order chi connectivity index (χ1) is 11.1. The highest BCUT2D eigenvalue weighted by molar-refractivity contribution is 6.01. The molecule has 0 aromatic heterocycles. The zero-order valence-corrected chi connectivity index (χ0v) is 14.1. The molecule has 0 spiro atoms. The maximum absolute atomic E-state index is 2.47. The van der Waals surface area contributed by atoms with Crippen molar-refractivity contribution >= 4 is 22.1 Å².